The fourth-order valence-corrected chi connectivity index (χ4v) is 3.54. The van der Waals surface area contributed by atoms with Crippen molar-refractivity contribution in [2.24, 2.45) is 0 Å². The zero-order valence-electron chi connectivity index (χ0n) is 16.4. The zero-order chi connectivity index (χ0) is 21.0. The summed E-state index contributed by atoms with van der Waals surface area (Å²) >= 11 is 0. The van der Waals surface area contributed by atoms with E-state index < -0.39 is 15.9 Å². The van der Waals surface area contributed by atoms with Crippen molar-refractivity contribution in [3.63, 3.8) is 0 Å². The normalized spacial score (nSPS) is 12.7. The predicted octanol–water partition coefficient (Wildman–Crippen LogP) is 2.52. The summed E-state index contributed by atoms with van der Waals surface area (Å²) in [7, 11) is -0.589. The van der Waals surface area contributed by atoms with Gasteiger partial charge in [0.1, 0.15) is 0 Å². The van der Waals surface area contributed by atoms with Gasteiger partial charge >= 0.3 is 11.8 Å². The average molecular weight is 414 g/mol. The van der Waals surface area contributed by atoms with Crippen molar-refractivity contribution in [3.05, 3.63) is 66.1 Å². The molecular formula is C20H22N4O4S. The summed E-state index contributed by atoms with van der Waals surface area (Å²) in [6.07, 6.45) is 0. The van der Waals surface area contributed by atoms with Gasteiger partial charge in [0.05, 0.1) is 4.90 Å². The van der Waals surface area contributed by atoms with Crippen LogP contribution in [0, 0.1) is 0 Å². The Balaban J connectivity index is 1.66. The smallest absolute Gasteiger partial charge is 0.316 e. The van der Waals surface area contributed by atoms with E-state index in [0.29, 0.717) is 12.1 Å². The van der Waals surface area contributed by atoms with Crippen molar-refractivity contribution in [1.82, 2.24) is 19.8 Å². The third kappa shape index (κ3) is 4.69. The molecule has 9 heteroatoms. The first kappa shape index (κ1) is 20.7. The van der Waals surface area contributed by atoms with Crippen molar-refractivity contribution in [1.29, 1.82) is 0 Å². The van der Waals surface area contributed by atoms with E-state index in [9.17, 15) is 13.2 Å². The molecule has 1 unspecified atom stereocenters. The first-order valence-electron chi connectivity index (χ1n) is 8.99. The number of carbonyl (C=O) groups is 1. The molecule has 0 aliphatic heterocycles. The molecule has 0 saturated heterocycles. The first-order valence-corrected chi connectivity index (χ1v) is 10.4. The molecule has 1 atom stereocenters. The maximum atomic E-state index is 12.3. The Kier molecular flexibility index (Phi) is 6.09. The van der Waals surface area contributed by atoms with Crippen LogP contribution < -0.4 is 5.32 Å². The number of carbonyl (C=O) groups excluding carboxylic acids is 1. The second-order valence-corrected chi connectivity index (χ2v) is 8.91. The SMILES string of the molecule is CC(CNC(=O)c1nc(-c2ccc(S(=O)(=O)N(C)C)cc2)no1)c1ccccc1. The number of rotatable bonds is 7. The lowest BCUT2D eigenvalue weighted by Gasteiger charge is -2.11. The molecule has 1 heterocycles. The van der Waals surface area contributed by atoms with Crippen molar-refractivity contribution in [3.8, 4) is 11.4 Å². The zero-order valence-corrected chi connectivity index (χ0v) is 17.2. The number of amides is 1. The summed E-state index contributed by atoms with van der Waals surface area (Å²) in [5.74, 6) is -0.266. The topological polar surface area (TPSA) is 105 Å². The predicted molar refractivity (Wildman–Crippen MR) is 108 cm³/mol. The Morgan fingerprint density at radius 1 is 1.10 bits per heavy atom. The molecule has 0 radical (unpaired) electrons. The molecule has 3 rings (SSSR count). The summed E-state index contributed by atoms with van der Waals surface area (Å²) < 4.78 is 30.4. The molecule has 1 N–H and O–H groups in total. The summed E-state index contributed by atoms with van der Waals surface area (Å²) in [5, 5.41) is 6.60. The van der Waals surface area contributed by atoms with Crippen molar-refractivity contribution in [2.75, 3.05) is 20.6 Å². The minimum atomic E-state index is -3.52. The second-order valence-electron chi connectivity index (χ2n) is 6.76. The van der Waals surface area contributed by atoms with Crippen LogP contribution in [0.5, 0.6) is 0 Å². The van der Waals surface area contributed by atoms with Crippen molar-refractivity contribution in [2.45, 2.75) is 17.7 Å². The summed E-state index contributed by atoms with van der Waals surface area (Å²) in [6.45, 7) is 2.44. The van der Waals surface area contributed by atoms with E-state index in [2.05, 4.69) is 15.5 Å². The van der Waals surface area contributed by atoms with E-state index in [-0.39, 0.29) is 22.5 Å². The van der Waals surface area contributed by atoms with Gasteiger partial charge in [-0.05, 0) is 35.7 Å². The number of benzene rings is 2. The molecule has 2 aromatic carbocycles. The van der Waals surface area contributed by atoms with Gasteiger partial charge in [0.2, 0.25) is 15.8 Å². The second kappa shape index (κ2) is 8.54. The van der Waals surface area contributed by atoms with Crippen LogP contribution in [0.1, 0.15) is 29.1 Å². The number of hydrogen-bond acceptors (Lipinski definition) is 6. The van der Waals surface area contributed by atoms with Crippen LogP contribution in [0.2, 0.25) is 0 Å². The molecule has 152 valence electrons. The van der Waals surface area contributed by atoms with Crippen LogP contribution >= 0.6 is 0 Å². The lowest BCUT2D eigenvalue weighted by Crippen LogP contribution is -2.27. The number of nitrogens with zero attached hydrogens (tertiary/aromatic N) is 3. The minimum absolute atomic E-state index is 0.133. The molecule has 0 fully saturated rings. The Hall–Kier alpha value is -3.04. The molecule has 8 nitrogen and oxygen atoms in total. The number of aromatic nitrogens is 2. The Morgan fingerprint density at radius 2 is 1.76 bits per heavy atom. The van der Waals surface area contributed by atoms with Crippen molar-refractivity contribution >= 4 is 15.9 Å². The van der Waals surface area contributed by atoms with E-state index in [1.807, 2.05) is 37.3 Å². The van der Waals surface area contributed by atoms with Crippen molar-refractivity contribution < 1.29 is 17.7 Å². The standard InChI is InChI=1S/C20H22N4O4S/c1-14(15-7-5-4-6-8-15)13-21-19(25)20-22-18(23-28-20)16-9-11-17(12-10-16)29(26,27)24(2)3/h4-12,14H,13H2,1-3H3,(H,21,25). The van der Waals surface area contributed by atoms with Crippen LogP contribution in [0.15, 0.2) is 64.0 Å². The highest BCUT2D eigenvalue weighted by Crippen LogP contribution is 2.20. The lowest BCUT2D eigenvalue weighted by molar-refractivity contribution is 0.0908. The lowest BCUT2D eigenvalue weighted by atomic mass is 10.0. The largest absolute Gasteiger partial charge is 0.347 e. The summed E-state index contributed by atoms with van der Waals surface area (Å²) in [4.78, 5) is 16.6. The quantitative estimate of drug-likeness (QED) is 0.637. The minimum Gasteiger partial charge on any atom is -0.347 e. The fourth-order valence-electron chi connectivity index (χ4n) is 2.64. The molecular weight excluding hydrogens is 392 g/mol. The van der Waals surface area contributed by atoms with Gasteiger partial charge in [-0.2, -0.15) is 4.98 Å². The van der Waals surface area contributed by atoms with Gasteiger partial charge in [-0.15, -0.1) is 0 Å². The monoisotopic (exact) mass is 414 g/mol. The molecule has 0 aliphatic rings. The van der Waals surface area contributed by atoms with Gasteiger partial charge in [0, 0.05) is 26.2 Å². The van der Waals surface area contributed by atoms with E-state index in [4.69, 9.17) is 4.52 Å². The third-order valence-corrected chi connectivity index (χ3v) is 6.28. The maximum absolute atomic E-state index is 12.3. The van der Waals surface area contributed by atoms with Crippen LogP contribution in [0.3, 0.4) is 0 Å². The number of nitrogens with one attached hydrogen (secondary N) is 1. The first-order chi connectivity index (χ1) is 13.8. The summed E-state index contributed by atoms with van der Waals surface area (Å²) in [6, 6.07) is 15.9. The Bertz CT molecular complexity index is 1080. The third-order valence-electron chi connectivity index (χ3n) is 4.45. The van der Waals surface area contributed by atoms with Gasteiger partial charge in [-0.1, -0.05) is 42.4 Å². The average Bonchev–Trinajstić information content (AvgIpc) is 3.22. The van der Waals surface area contributed by atoms with Crippen LogP contribution in [-0.4, -0.2) is 49.4 Å². The Morgan fingerprint density at radius 3 is 2.38 bits per heavy atom. The molecule has 3 aromatic rings. The number of sulfonamides is 1. The Labute approximate surface area is 169 Å². The molecule has 0 aliphatic carbocycles. The fraction of sp³-hybridized carbons (Fsp3) is 0.250. The molecule has 0 saturated carbocycles. The van der Waals surface area contributed by atoms with Gasteiger partial charge in [-0.3, -0.25) is 4.79 Å². The van der Waals surface area contributed by atoms with E-state index in [1.165, 1.54) is 26.2 Å². The highest BCUT2D eigenvalue weighted by molar-refractivity contribution is 7.89. The van der Waals surface area contributed by atoms with Gasteiger partial charge in [-0.25, -0.2) is 12.7 Å². The molecule has 0 bridgehead atoms. The van der Waals surface area contributed by atoms with E-state index in [0.717, 1.165) is 9.87 Å². The van der Waals surface area contributed by atoms with Crippen LogP contribution in [0.25, 0.3) is 11.4 Å². The van der Waals surface area contributed by atoms with Crippen LogP contribution in [-0.2, 0) is 10.0 Å². The van der Waals surface area contributed by atoms with Gasteiger partial charge in [0.25, 0.3) is 0 Å². The highest BCUT2D eigenvalue weighted by atomic mass is 32.2. The number of hydrogen-bond donors (Lipinski definition) is 1. The molecule has 0 spiro atoms. The van der Waals surface area contributed by atoms with Gasteiger partial charge in [0.15, 0.2) is 0 Å². The molecule has 29 heavy (non-hydrogen) atoms. The molecule has 1 amide bonds. The summed E-state index contributed by atoms with van der Waals surface area (Å²) in [5.41, 5.74) is 1.66. The van der Waals surface area contributed by atoms with Gasteiger partial charge < -0.3 is 9.84 Å². The van der Waals surface area contributed by atoms with E-state index >= 15 is 0 Å². The molecule has 1 aromatic heterocycles. The highest BCUT2D eigenvalue weighted by Gasteiger charge is 2.19. The maximum Gasteiger partial charge on any atom is 0.316 e. The van der Waals surface area contributed by atoms with E-state index in [1.54, 1.807) is 12.1 Å². The van der Waals surface area contributed by atoms with Crippen LogP contribution in [0.4, 0.5) is 0 Å².